The van der Waals surface area contributed by atoms with Gasteiger partial charge < -0.3 is 5.32 Å². The topological polar surface area (TPSA) is 49.4 Å². The number of rotatable bonds is 1. The van der Waals surface area contributed by atoms with E-state index in [1.165, 1.54) is 6.42 Å². The van der Waals surface area contributed by atoms with Gasteiger partial charge in [0, 0.05) is 25.7 Å². The molecule has 6 heteroatoms. The van der Waals surface area contributed by atoms with Crippen molar-refractivity contribution in [1.82, 2.24) is 10.2 Å². The molecule has 2 aliphatic heterocycles. The van der Waals surface area contributed by atoms with Crippen LogP contribution in [0.15, 0.2) is 0 Å². The summed E-state index contributed by atoms with van der Waals surface area (Å²) in [5.74, 6) is 0.701. The minimum Gasteiger partial charge on any atom is -0.315 e. The highest BCUT2D eigenvalue weighted by Crippen LogP contribution is 2.12. The maximum absolute atomic E-state index is 11.2. The van der Waals surface area contributed by atoms with Crippen molar-refractivity contribution in [3.63, 3.8) is 0 Å². The Hall–Kier alpha value is 0.160. The van der Waals surface area contributed by atoms with Gasteiger partial charge in [-0.2, -0.15) is 0 Å². The first-order valence-corrected chi connectivity index (χ1v) is 6.65. The molecule has 0 spiro atoms. The normalized spacial score (nSPS) is 32.4. The second-order valence-electron chi connectivity index (χ2n) is 3.83. The van der Waals surface area contributed by atoms with Gasteiger partial charge in [0.05, 0.1) is 11.5 Å². The smallest absolute Gasteiger partial charge is 0.152 e. The van der Waals surface area contributed by atoms with Crippen molar-refractivity contribution in [2.75, 3.05) is 37.7 Å². The maximum Gasteiger partial charge on any atom is 0.152 e. The largest absolute Gasteiger partial charge is 0.315 e. The molecule has 0 aromatic rings. The average Bonchev–Trinajstić information content (AvgIpc) is 2.56. The first kappa shape index (κ1) is 12.2. The fraction of sp³-hybridized carbons (Fsp3) is 1.00. The molecule has 0 saturated carbocycles. The predicted molar refractivity (Wildman–Crippen MR) is 58.7 cm³/mol. The molecule has 0 aromatic heterocycles. The average molecular weight is 241 g/mol. The molecular formula is C8H17ClN2O2S. The number of halogens is 1. The van der Waals surface area contributed by atoms with E-state index in [0.717, 1.165) is 26.2 Å². The van der Waals surface area contributed by atoms with Gasteiger partial charge in [0.2, 0.25) is 0 Å². The van der Waals surface area contributed by atoms with Crippen LogP contribution in [0.1, 0.15) is 6.42 Å². The lowest BCUT2D eigenvalue weighted by Gasteiger charge is -2.31. The third-order valence-corrected chi connectivity index (χ3v) is 4.54. The monoisotopic (exact) mass is 240 g/mol. The van der Waals surface area contributed by atoms with Gasteiger partial charge in [-0.1, -0.05) is 0 Å². The Balaban J connectivity index is 0.000000980. The molecule has 1 N–H and O–H groups in total. The molecule has 0 aliphatic carbocycles. The molecule has 2 aliphatic rings. The molecular weight excluding hydrogens is 224 g/mol. The summed E-state index contributed by atoms with van der Waals surface area (Å²) in [7, 11) is -2.71. The number of hydrogen-bond acceptors (Lipinski definition) is 4. The molecule has 2 saturated heterocycles. The van der Waals surface area contributed by atoms with Crippen LogP contribution in [0.2, 0.25) is 0 Å². The molecule has 84 valence electrons. The summed E-state index contributed by atoms with van der Waals surface area (Å²) < 4.78 is 22.3. The Bertz CT molecular complexity index is 261. The second-order valence-corrected chi connectivity index (χ2v) is 6.14. The van der Waals surface area contributed by atoms with Crippen molar-refractivity contribution in [1.29, 1.82) is 0 Å². The minimum absolute atomic E-state index is 0. The number of nitrogens with zero attached hydrogens (tertiary/aromatic N) is 1. The maximum atomic E-state index is 11.2. The van der Waals surface area contributed by atoms with Crippen LogP contribution in [-0.2, 0) is 9.84 Å². The molecule has 14 heavy (non-hydrogen) atoms. The van der Waals surface area contributed by atoms with E-state index < -0.39 is 9.84 Å². The first-order chi connectivity index (χ1) is 6.17. The van der Waals surface area contributed by atoms with Crippen molar-refractivity contribution in [2.45, 2.75) is 12.5 Å². The summed E-state index contributed by atoms with van der Waals surface area (Å²) in [6, 6.07) is 0.579. The molecule has 0 aromatic carbocycles. The van der Waals surface area contributed by atoms with Crippen LogP contribution in [-0.4, -0.2) is 57.0 Å². The SMILES string of the molecule is Cl.O=S1(=O)CCN(C2CCNC2)CC1. The Kier molecular flexibility index (Phi) is 4.18. The van der Waals surface area contributed by atoms with Crippen molar-refractivity contribution < 1.29 is 8.42 Å². The molecule has 0 bridgehead atoms. The summed E-state index contributed by atoms with van der Waals surface area (Å²) in [5.41, 5.74) is 0. The molecule has 2 fully saturated rings. The molecule has 2 rings (SSSR count). The number of hydrogen-bond donors (Lipinski definition) is 1. The van der Waals surface area contributed by atoms with Crippen LogP contribution in [0, 0.1) is 0 Å². The Labute approximate surface area is 91.4 Å². The molecule has 1 unspecified atom stereocenters. The van der Waals surface area contributed by atoms with E-state index in [0.29, 0.717) is 17.5 Å². The minimum atomic E-state index is -2.71. The molecule has 1 atom stereocenters. The second kappa shape index (κ2) is 4.79. The highest BCUT2D eigenvalue weighted by atomic mass is 35.5. The fourth-order valence-corrected chi connectivity index (χ4v) is 3.27. The van der Waals surface area contributed by atoms with Gasteiger partial charge >= 0.3 is 0 Å². The lowest BCUT2D eigenvalue weighted by atomic mass is 10.2. The standard InChI is InChI=1S/C8H16N2O2S.ClH/c11-13(12)5-3-10(4-6-13)8-1-2-9-7-8;/h8-9H,1-7H2;1H. The van der Waals surface area contributed by atoms with Gasteiger partial charge in [-0.15, -0.1) is 12.4 Å². The van der Waals surface area contributed by atoms with Crippen molar-refractivity contribution in [3.8, 4) is 0 Å². The van der Waals surface area contributed by atoms with Gasteiger partial charge in [-0.05, 0) is 13.0 Å². The summed E-state index contributed by atoms with van der Waals surface area (Å²) in [5, 5.41) is 3.30. The third-order valence-electron chi connectivity index (χ3n) is 2.93. The van der Waals surface area contributed by atoms with E-state index >= 15 is 0 Å². The van der Waals surface area contributed by atoms with Crippen LogP contribution in [0.25, 0.3) is 0 Å². The van der Waals surface area contributed by atoms with Crippen LogP contribution in [0.4, 0.5) is 0 Å². The van der Waals surface area contributed by atoms with E-state index in [-0.39, 0.29) is 12.4 Å². The zero-order chi connectivity index (χ0) is 9.31. The quantitative estimate of drug-likeness (QED) is 0.672. The van der Waals surface area contributed by atoms with Crippen molar-refractivity contribution >= 4 is 22.2 Å². The Morgan fingerprint density at radius 2 is 1.86 bits per heavy atom. The van der Waals surface area contributed by atoms with Gasteiger partial charge in [0.1, 0.15) is 0 Å². The van der Waals surface area contributed by atoms with Crippen LogP contribution in [0.5, 0.6) is 0 Å². The van der Waals surface area contributed by atoms with Crippen LogP contribution < -0.4 is 5.32 Å². The summed E-state index contributed by atoms with van der Waals surface area (Å²) in [4.78, 5) is 2.31. The van der Waals surface area contributed by atoms with E-state index in [9.17, 15) is 8.42 Å². The molecule has 4 nitrogen and oxygen atoms in total. The Morgan fingerprint density at radius 3 is 2.36 bits per heavy atom. The molecule has 0 radical (unpaired) electrons. The predicted octanol–water partition coefficient (Wildman–Crippen LogP) is -0.499. The van der Waals surface area contributed by atoms with Gasteiger partial charge in [0.15, 0.2) is 9.84 Å². The van der Waals surface area contributed by atoms with Gasteiger partial charge in [-0.25, -0.2) is 8.42 Å². The Morgan fingerprint density at radius 1 is 1.21 bits per heavy atom. The van der Waals surface area contributed by atoms with E-state index in [4.69, 9.17) is 0 Å². The van der Waals surface area contributed by atoms with Crippen molar-refractivity contribution in [2.24, 2.45) is 0 Å². The molecule has 2 heterocycles. The lowest BCUT2D eigenvalue weighted by molar-refractivity contribution is 0.225. The van der Waals surface area contributed by atoms with E-state index in [2.05, 4.69) is 10.2 Å². The highest BCUT2D eigenvalue weighted by Gasteiger charge is 2.28. The highest BCUT2D eigenvalue weighted by molar-refractivity contribution is 7.91. The van der Waals surface area contributed by atoms with E-state index in [1.54, 1.807) is 0 Å². The molecule has 0 amide bonds. The number of sulfone groups is 1. The number of nitrogens with one attached hydrogen (secondary N) is 1. The summed E-state index contributed by atoms with van der Waals surface area (Å²) in [6.07, 6.45) is 1.17. The van der Waals surface area contributed by atoms with Crippen molar-refractivity contribution in [3.05, 3.63) is 0 Å². The lowest BCUT2D eigenvalue weighted by Crippen LogP contribution is -2.46. The van der Waals surface area contributed by atoms with Gasteiger partial charge in [0.25, 0.3) is 0 Å². The summed E-state index contributed by atoms with van der Waals surface area (Å²) in [6.45, 7) is 3.57. The van der Waals surface area contributed by atoms with Crippen LogP contribution in [0.3, 0.4) is 0 Å². The fourth-order valence-electron chi connectivity index (χ4n) is 2.04. The van der Waals surface area contributed by atoms with Crippen LogP contribution >= 0.6 is 12.4 Å². The third kappa shape index (κ3) is 2.82. The van der Waals surface area contributed by atoms with Gasteiger partial charge in [-0.3, -0.25) is 4.90 Å². The zero-order valence-corrected chi connectivity index (χ0v) is 9.74. The first-order valence-electron chi connectivity index (χ1n) is 4.82. The van der Waals surface area contributed by atoms with E-state index in [1.807, 2.05) is 0 Å². The zero-order valence-electron chi connectivity index (χ0n) is 8.11. The summed E-state index contributed by atoms with van der Waals surface area (Å²) >= 11 is 0.